The van der Waals surface area contributed by atoms with E-state index in [2.05, 4.69) is 15.6 Å². The second-order valence-electron chi connectivity index (χ2n) is 5.54. The molecule has 25 heavy (non-hydrogen) atoms. The van der Waals surface area contributed by atoms with E-state index in [4.69, 9.17) is 4.74 Å². The molecule has 0 amide bonds. The predicted molar refractivity (Wildman–Crippen MR) is 97.6 cm³/mol. The highest BCUT2D eigenvalue weighted by Gasteiger charge is 2.18. The van der Waals surface area contributed by atoms with Crippen molar-refractivity contribution in [3.8, 4) is 11.5 Å². The molecule has 4 nitrogen and oxygen atoms in total. The fraction of sp³-hybridized carbons (Fsp3) is 0.150. The Hall–Kier alpha value is -2.92. The summed E-state index contributed by atoms with van der Waals surface area (Å²) in [6.45, 7) is 0. The summed E-state index contributed by atoms with van der Waals surface area (Å²) in [5, 5.41) is 6.13. The van der Waals surface area contributed by atoms with Crippen molar-refractivity contribution < 1.29 is 9.13 Å². The molecule has 0 spiro atoms. The smallest absolute Gasteiger partial charge is 0.164 e. The lowest BCUT2D eigenvalue weighted by molar-refractivity contribution is 0.482. The molecule has 1 aromatic heterocycles. The summed E-state index contributed by atoms with van der Waals surface area (Å²) < 4.78 is 19.8. The van der Waals surface area contributed by atoms with Gasteiger partial charge in [0, 0.05) is 18.8 Å². The first-order valence-electron chi connectivity index (χ1n) is 8.04. The van der Waals surface area contributed by atoms with Crippen LogP contribution >= 0.6 is 0 Å². The van der Waals surface area contributed by atoms with Gasteiger partial charge in [0.25, 0.3) is 0 Å². The van der Waals surface area contributed by atoms with Gasteiger partial charge in [-0.3, -0.25) is 4.98 Å². The van der Waals surface area contributed by atoms with Gasteiger partial charge in [0.05, 0.1) is 17.9 Å². The first-order valence-corrected chi connectivity index (χ1v) is 8.04. The minimum Gasteiger partial charge on any atom is -0.457 e. The summed E-state index contributed by atoms with van der Waals surface area (Å²) in [5.41, 5.74) is 2.19. The van der Waals surface area contributed by atoms with Crippen molar-refractivity contribution in [3.63, 3.8) is 0 Å². The highest BCUT2D eigenvalue weighted by atomic mass is 19.1. The van der Waals surface area contributed by atoms with Crippen LogP contribution in [0.5, 0.6) is 11.5 Å². The molecule has 3 aromatic rings. The summed E-state index contributed by atoms with van der Waals surface area (Å²) in [4.78, 5) is 3.98. The Morgan fingerprint density at radius 1 is 0.920 bits per heavy atom. The molecule has 1 heterocycles. The molecule has 0 saturated carbocycles. The summed E-state index contributed by atoms with van der Waals surface area (Å²) in [5.74, 6) is 1.16. The Bertz CT molecular complexity index is 822. The van der Waals surface area contributed by atoms with E-state index in [1.165, 1.54) is 6.20 Å². The molecule has 3 rings (SSSR count). The number of hydrogen-bond donors (Lipinski definition) is 2. The maximum atomic E-state index is 14.0. The van der Waals surface area contributed by atoms with Gasteiger partial charge in [-0.1, -0.05) is 30.3 Å². The van der Waals surface area contributed by atoms with Gasteiger partial charge in [-0.25, -0.2) is 4.39 Å². The molecule has 1 atom stereocenters. The third-order valence-electron chi connectivity index (χ3n) is 3.97. The Kier molecular flexibility index (Phi) is 5.26. The highest BCUT2D eigenvalue weighted by Crippen LogP contribution is 2.30. The highest BCUT2D eigenvalue weighted by molar-refractivity contribution is 5.54. The average Bonchev–Trinajstić information content (AvgIpc) is 2.65. The fourth-order valence-corrected chi connectivity index (χ4v) is 2.79. The van der Waals surface area contributed by atoms with Crippen molar-refractivity contribution in [2.24, 2.45) is 0 Å². The van der Waals surface area contributed by atoms with E-state index in [9.17, 15) is 4.39 Å². The van der Waals surface area contributed by atoms with Crippen LogP contribution in [0.3, 0.4) is 0 Å². The van der Waals surface area contributed by atoms with Gasteiger partial charge in [-0.2, -0.15) is 0 Å². The molecule has 0 aliphatic rings. The minimum absolute atomic E-state index is 0.184. The first-order chi connectivity index (χ1) is 12.2. The molecule has 0 radical (unpaired) electrons. The zero-order valence-corrected chi connectivity index (χ0v) is 14.2. The maximum absolute atomic E-state index is 14.0. The van der Waals surface area contributed by atoms with Crippen LogP contribution in [-0.4, -0.2) is 19.1 Å². The van der Waals surface area contributed by atoms with Crippen LogP contribution in [0.1, 0.15) is 17.2 Å². The van der Waals surface area contributed by atoms with Crippen molar-refractivity contribution >= 4 is 5.69 Å². The molecule has 0 saturated heterocycles. The molecule has 1 unspecified atom stereocenters. The standard InChI is InChI=1S/C20H20FN3O/c1-22-19(17-12-24-13-18(21)20(17)23-2)14-8-10-16(11-9-14)25-15-6-4-3-5-7-15/h3-13,19,22H,1-2H3,(H,23,24). The molecule has 0 aliphatic carbocycles. The number of rotatable bonds is 6. The van der Waals surface area contributed by atoms with Crippen LogP contribution < -0.4 is 15.4 Å². The number of halogens is 1. The van der Waals surface area contributed by atoms with Crippen molar-refractivity contribution in [1.82, 2.24) is 10.3 Å². The van der Waals surface area contributed by atoms with Crippen molar-refractivity contribution in [3.05, 3.63) is 83.9 Å². The molecule has 5 heteroatoms. The van der Waals surface area contributed by atoms with E-state index in [-0.39, 0.29) is 11.9 Å². The summed E-state index contributed by atoms with van der Waals surface area (Å²) in [7, 11) is 3.54. The largest absolute Gasteiger partial charge is 0.457 e. The van der Waals surface area contributed by atoms with Gasteiger partial charge in [0.2, 0.25) is 0 Å². The van der Waals surface area contributed by atoms with Crippen LogP contribution in [-0.2, 0) is 0 Å². The third kappa shape index (κ3) is 3.78. The van der Waals surface area contributed by atoms with Gasteiger partial charge in [0.15, 0.2) is 5.82 Å². The zero-order valence-electron chi connectivity index (χ0n) is 14.2. The third-order valence-corrected chi connectivity index (χ3v) is 3.97. The number of hydrogen-bond acceptors (Lipinski definition) is 4. The lowest BCUT2D eigenvalue weighted by Gasteiger charge is -2.20. The van der Waals surface area contributed by atoms with Crippen molar-refractivity contribution in [1.29, 1.82) is 0 Å². The Morgan fingerprint density at radius 3 is 2.24 bits per heavy atom. The molecular formula is C20H20FN3O. The monoisotopic (exact) mass is 337 g/mol. The number of ether oxygens (including phenoxy) is 1. The molecule has 128 valence electrons. The Balaban J connectivity index is 1.86. The summed E-state index contributed by atoms with van der Waals surface area (Å²) in [6, 6.07) is 17.2. The normalized spacial score (nSPS) is 11.8. The number of anilines is 1. The van der Waals surface area contributed by atoms with E-state index in [0.29, 0.717) is 5.69 Å². The molecule has 2 aromatic carbocycles. The van der Waals surface area contributed by atoms with E-state index in [0.717, 1.165) is 22.6 Å². The Labute approximate surface area is 146 Å². The minimum atomic E-state index is -0.371. The number of aromatic nitrogens is 1. The topological polar surface area (TPSA) is 46.2 Å². The van der Waals surface area contributed by atoms with Gasteiger partial charge in [-0.15, -0.1) is 0 Å². The molecule has 2 N–H and O–H groups in total. The lowest BCUT2D eigenvalue weighted by atomic mass is 9.98. The van der Waals surface area contributed by atoms with E-state index in [1.807, 2.05) is 61.6 Å². The van der Waals surface area contributed by atoms with Crippen molar-refractivity contribution in [2.75, 3.05) is 19.4 Å². The second kappa shape index (κ2) is 7.77. The zero-order chi connectivity index (χ0) is 17.6. The molecule has 0 aliphatic heterocycles. The summed E-state index contributed by atoms with van der Waals surface area (Å²) in [6.07, 6.45) is 2.88. The average molecular weight is 337 g/mol. The number of pyridine rings is 1. The van der Waals surface area contributed by atoms with Crippen LogP contribution in [0.25, 0.3) is 0 Å². The van der Waals surface area contributed by atoms with E-state index >= 15 is 0 Å². The number of nitrogens with zero attached hydrogens (tertiary/aromatic N) is 1. The SMILES string of the molecule is CNc1c(F)cncc1C(NC)c1ccc(Oc2ccccc2)cc1. The fourth-order valence-electron chi connectivity index (χ4n) is 2.79. The van der Waals surface area contributed by atoms with Gasteiger partial charge in [-0.05, 0) is 36.9 Å². The lowest BCUT2D eigenvalue weighted by Crippen LogP contribution is -2.19. The summed E-state index contributed by atoms with van der Waals surface area (Å²) >= 11 is 0. The van der Waals surface area contributed by atoms with E-state index in [1.54, 1.807) is 13.2 Å². The second-order valence-corrected chi connectivity index (χ2v) is 5.54. The van der Waals surface area contributed by atoms with Gasteiger partial charge >= 0.3 is 0 Å². The number of nitrogens with one attached hydrogen (secondary N) is 2. The van der Waals surface area contributed by atoms with Crippen molar-refractivity contribution in [2.45, 2.75) is 6.04 Å². The number of benzene rings is 2. The quantitative estimate of drug-likeness (QED) is 0.701. The van der Waals surface area contributed by atoms with Crippen LogP contribution in [0.15, 0.2) is 67.0 Å². The van der Waals surface area contributed by atoms with E-state index < -0.39 is 0 Å². The van der Waals surface area contributed by atoms with Crippen LogP contribution in [0, 0.1) is 5.82 Å². The molecule has 0 fully saturated rings. The maximum Gasteiger partial charge on any atom is 0.164 e. The molecule has 0 bridgehead atoms. The van der Waals surface area contributed by atoms with Crippen LogP contribution in [0.2, 0.25) is 0 Å². The molecular weight excluding hydrogens is 317 g/mol. The van der Waals surface area contributed by atoms with Gasteiger partial charge in [0.1, 0.15) is 11.5 Å². The first kappa shape index (κ1) is 16.9. The predicted octanol–water partition coefficient (Wildman–Crippen LogP) is 4.36. The van der Waals surface area contributed by atoms with Gasteiger partial charge < -0.3 is 15.4 Å². The number of para-hydroxylation sites is 1. The van der Waals surface area contributed by atoms with Crippen LogP contribution in [0.4, 0.5) is 10.1 Å². The Morgan fingerprint density at radius 2 is 1.60 bits per heavy atom.